The molecule has 2 fully saturated rings. The second kappa shape index (κ2) is 5.75. The molecule has 0 aromatic rings. The molecule has 0 aliphatic carbocycles. The molecule has 4 heteroatoms. The highest BCUT2D eigenvalue weighted by molar-refractivity contribution is 8.00. The number of likely N-dealkylation sites (N-methyl/N-ethyl adjacent to an activating group) is 1. The molecular weight excluding hydrogens is 208 g/mol. The minimum atomic E-state index is 0.0770. The van der Waals surface area contributed by atoms with Crippen LogP contribution in [0.25, 0.3) is 0 Å². The molecule has 2 rings (SSSR count). The fourth-order valence-corrected chi connectivity index (χ4v) is 3.54. The van der Waals surface area contributed by atoms with E-state index in [9.17, 15) is 4.79 Å². The van der Waals surface area contributed by atoms with Crippen LogP contribution >= 0.6 is 11.8 Å². The fourth-order valence-electron chi connectivity index (χ4n) is 2.09. The third-order valence-corrected chi connectivity index (χ3v) is 4.56. The van der Waals surface area contributed by atoms with Crippen molar-refractivity contribution < 1.29 is 4.79 Å². The molecule has 1 unspecified atom stereocenters. The molecule has 0 radical (unpaired) electrons. The molecule has 0 aromatic carbocycles. The predicted molar refractivity (Wildman–Crippen MR) is 66.0 cm³/mol. The van der Waals surface area contributed by atoms with Crippen LogP contribution < -0.4 is 5.32 Å². The van der Waals surface area contributed by atoms with Gasteiger partial charge in [0.1, 0.15) is 4.87 Å². The average molecular weight is 230 g/mol. The summed E-state index contributed by atoms with van der Waals surface area (Å²) in [6, 6.07) is 0. The molecular formula is C11H22N2OS. The molecule has 1 spiro atoms. The summed E-state index contributed by atoms with van der Waals surface area (Å²) in [7, 11) is 1.95. The normalized spacial score (nSPS) is 31.1. The van der Waals surface area contributed by atoms with Crippen LogP contribution in [0.2, 0.25) is 0 Å². The molecule has 1 amide bonds. The van der Waals surface area contributed by atoms with Crippen LogP contribution in [0.4, 0.5) is 0 Å². The van der Waals surface area contributed by atoms with Crippen LogP contribution in [-0.2, 0) is 4.79 Å². The first-order valence-electron chi connectivity index (χ1n) is 5.86. The van der Waals surface area contributed by atoms with Gasteiger partial charge in [0.15, 0.2) is 0 Å². The molecule has 1 N–H and O–H groups in total. The zero-order valence-electron chi connectivity index (χ0n) is 10.0. The van der Waals surface area contributed by atoms with Crippen LogP contribution in [-0.4, -0.2) is 41.6 Å². The molecule has 15 heavy (non-hydrogen) atoms. The second-order valence-electron chi connectivity index (χ2n) is 3.78. The lowest BCUT2D eigenvalue weighted by Crippen LogP contribution is -2.58. The molecule has 2 aliphatic heterocycles. The highest BCUT2D eigenvalue weighted by Crippen LogP contribution is 2.38. The largest absolute Gasteiger partial charge is 0.330 e. The van der Waals surface area contributed by atoms with Crippen molar-refractivity contribution in [3.63, 3.8) is 0 Å². The summed E-state index contributed by atoms with van der Waals surface area (Å²) in [5, 5.41) is 3.38. The Balaban J connectivity index is 0.000000531. The lowest BCUT2D eigenvalue weighted by molar-refractivity contribution is -0.133. The first-order valence-corrected chi connectivity index (χ1v) is 6.84. The van der Waals surface area contributed by atoms with Crippen molar-refractivity contribution in [2.24, 2.45) is 0 Å². The van der Waals surface area contributed by atoms with Gasteiger partial charge >= 0.3 is 0 Å². The zero-order valence-corrected chi connectivity index (χ0v) is 10.8. The van der Waals surface area contributed by atoms with E-state index in [-0.39, 0.29) is 4.87 Å². The van der Waals surface area contributed by atoms with Gasteiger partial charge in [-0.05, 0) is 19.4 Å². The maximum atomic E-state index is 11.6. The van der Waals surface area contributed by atoms with Gasteiger partial charge in [0.25, 0.3) is 0 Å². The number of hydrogen-bond acceptors (Lipinski definition) is 3. The van der Waals surface area contributed by atoms with Gasteiger partial charge in [-0.1, -0.05) is 13.8 Å². The third kappa shape index (κ3) is 2.67. The summed E-state index contributed by atoms with van der Waals surface area (Å²) in [4.78, 5) is 13.6. The highest BCUT2D eigenvalue weighted by Gasteiger charge is 2.41. The van der Waals surface area contributed by atoms with Crippen molar-refractivity contribution in [3.8, 4) is 0 Å². The number of nitrogens with one attached hydrogen (secondary N) is 1. The van der Waals surface area contributed by atoms with Crippen LogP contribution in [0.1, 0.15) is 33.1 Å². The topological polar surface area (TPSA) is 32.3 Å². The summed E-state index contributed by atoms with van der Waals surface area (Å²) in [5.41, 5.74) is 0. The number of piperidine rings is 1. The minimum Gasteiger partial charge on any atom is -0.330 e. The van der Waals surface area contributed by atoms with Crippen LogP contribution in [0.5, 0.6) is 0 Å². The molecule has 2 saturated heterocycles. The Morgan fingerprint density at radius 1 is 1.47 bits per heavy atom. The van der Waals surface area contributed by atoms with E-state index in [1.54, 1.807) is 0 Å². The number of hydrogen-bond donors (Lipinski definition) is 1. The van der Waals surface area contributed by atoms with E-state index in [4.69, 9.17) is 0 Å². The molecule has 0 saturated carbocycles. The Morgan fingerprint density at radius 2 is 2.20 bits per heavy atom. The van der Waals surface area contributed by atoms with Gasteiger partial charge in [0, 0.05) is 25.8 Å². The first kappa shape index (κ1) is 12.8. The van der Waals surface area contributed by atoms with Gasteiger partial charge in [0.05, 0.1) is 0 Å². The maximum Gasteiger partial charge on any atom is 0.224 e. The van der Waals surface area contributed by atoms with Crippen molar-refractivity contribution in [3.05, 3.63) is 0 Å². The SMILES string of the molecule is CC.CN1C(=O)CCSC12CCCNC2. The monoisotopic (exact) mass is 230 g/mol. The molecule has 88 valence electrons. The van der Waals surface area contributed by atoms with Gasteiger partial charge in [-0.15, -0.1) is 11.8 Å². The standard InChI is InChI=1S/C9H16N2OS.C2H6/c1-11-8(12)3-6-13-9(11)4-2-5-10-7-9;1-2/h10H,2-7H2,1H3;1-2H3. The van der Waals surface area contributed by atoms with E-state index >= 15 is 0 Å². The molecule has 3 nitrogen and oxygen atoms in total. The smallest absolute Gasteiger partial charge is 0.224 e. The van der Waals surface area contributed by atoms with Gasteiger partial charge in [0.2, 0.25) is 5.91 Å². The van der Waals surface area contributed by atoms with Crippen molar-refractivity contribution in [2.45, 2.75) is 38.0 Å². The number of nitrogens with zero attached hydrogens (tertiary/aromatic N) is 1. The van der Waals surface area contributed by atoms with Crippen LogP contribution in [0.3, 0.4) is 0 Å². The Morgan fingerprint density at radius 3 is 2.80 bits per heavy atom. The number of amides is 1. The van der Waals surface area contributed by atoms with Crippen molar-refractivity contribution in [1.82, 2.24) is 10.2 Å². The van der Waals surface area contributed by atoms with Gasteiger partial charge in [-0.3, -0.25) is 4.79 Å². The van der Waals surface area contributed by atoms with Crippen LogP contribution in [0.15, 0.2) is 0 Å². The lowest BCUT2D eigenvalue weighted by Gasteiger charge is -2.47. The summed E-state index contributed by atoms with van der Waals surface area (Å²) in [5.74, 6) is 1.30. The number of thioether (sulfide) groups is 1. The van der Waals surface area contributed by atoms with E-state index in [1.807, 2.05) is 37.6 Å². The Kier molecular flexibility index (Phi) is 4.93. The fraction of sp³-hybridized carbons (Fsp3) is 0.909. The van der Waals surface area contributed by atoms with Crippen molar-refractivity contribution >= 4 is 17.7 Å². The van der Waals surface area contributed by atoms with Crippen molar-refractivity contribution in [2.75, 3.05) is 25.9 Å². The maximum absolute atomic E-state index is 11.6. The Bertz CT molecular complexity index is 209. The van der Waals surface area contributed by atoms with Gasteiger partial charge in [-0.2, -0.15) is 0 Å². The Labute approximate surface area is 97.0 Å². The quantitative estimate of drug-likeness (QED) is 0.687. The average Bonchev–Trinajstić information content (AvgIpc) is 2.30. The summed E-state index contributed by atoms with van der Waals surface area (Å²) >= 11 is 1.94. The molecule has 1 atom stereocenters. The van der Waals surface area contributed by atoms with E-state index in [1.165, 1.54) is 6.42 Å². The molecule has 2 heterocycles. The van der Waals surface area contributed by atoms with E-state index in [0.29, 0.717) is 12.3 Å². The number of rotatable bonds is 0. The van der Waals surface area contributed by atoms with Crippen molar-refractivity contribution in [1.29, 1.82) is 0 Å². The van der Waals surface area contributed by atoms with E-state index in [0.717, 1.165) is 25.3 Å². The number of carbonyl (C=O) groups is 1. The molecule has 0 aromatic heterocycles. The zero-order chi connectivity index (χ0) is 11.3. The second-order valence-corrected chi connectivity index (χ2v) is 5.23. The summed E-state index contributed by atoms with van der Waals surface area (Å²) in [6.07, 6.45) is 3.04. The Hall–Kier alpha value is -0.220. The first-order chi connectivity index (χ1) is 7.25. The summed E-state index contributed by atoms with van der Waals surface area (Å²) < 4.78 is 0. The third-order valence-electron chi connectivity index (χ3n) is 2.99. The lowest BCUT2D eigenvalue weighted by atomic mass is 10.0. The minimum absolute atomic E-state index is 0.0770. The van der Waals surface area contributed by atoms with Gasteiger partial charge < -0.3 is 10.2 Å². The van der Waals surface area contributed by atoms with E-state index < -0.39 is 0 Å². The predicted octanol–water partition coefficient (Wildman–Crippen LogP) is 1.69. The molecule has 0 bridgehead atoms. The number of carbonyl (C=O) groups excluding carboxylic acids is 1. The highest BCUT2D eigenvalue weighted by atomic mass is 32.2. The molecule has 2 aliphatic rings. The van der Waals surface area contributed by atoms with E-state index in [2.05, 4.69) is 5.32 Å². The van der Waals surface area contributed by atoms with Gasteiger partial charge in [-0.25, -0.2) is 0 Å². The van der Waals surface area contributed by atoms with Crippen LogP contribution in [0, 0.1) is 0 Å². The summed E-state index contributed by atoms with van der Waals surface area (Å²) in [6.45, 7) is 6.06.